The van der Waals surface area contributed by atoms with Gasteiger partial charge in [0, 0.05) is 11.8 Å². The van der Waals surface area contributed by atoms with Crippen molar-refractivity contribution in [2.75, 3.05) is 5.32 Å². The first kappa shape index (κ1) is 16.7. The number of nitrogens with one attached hydrogen (secondary N) is 1. The molecule has 4 nitrogen and oxygen atoms in total. The fraction of sp³-hybridized carbons (Fsp3) is 0.143. The van der Waals surface area contributed by atoms with Crippen molar-refractivity contribution < 1.29 is 9.53 Å². The minimum atomic E-state index is -0.202. The SMILES string of the molecule is Cc1ccc(C(=O)Nc2ncccc2OCc2ccccc2)cc1C. The van der Waals surface area contributed by atoms with Crippen molar-refractivity contribution in [1.29, 1.82) is 0 Å². The van der Waals surface area contributed by atoms with Crippen LogP contribution < -0.4 is 10.1 Å². The zero-order valence-corrected chi connectivity index (χ0v) is 14.3. The summed E-state index contributed by atoms with van der Waals surface area (Å²) < 4.78 is 5.83. The molecule has 0 saturated heterocycles. The lowest BCUT2D eigenvalue weighted by Crippen LogP contribution is -2.14. The molecule has 1 amide bonds. The normalized spacial score (nSPS) is 10.3. The Labute approximate surface area is 147 Å². The van der Waals surface area contributed by atoms with Crippen molar-refractivity contribution in [3.05, 3.63) is 89.1 Å². The van der Waals surface area contributed by atoms with Crippen LogP contribution in [0.15, 0.2) is 66.9 Å². The molecular formula is C21H20N2O2. The molecule has 2 aromatic carbocycles. The van der Waals surface area contributed by atoms with Crippen molar-refractivity contribution in [1.82, 2.24) is 4.98 Å². The largest absolute Gasteiger partial charge is 0.485 e. The van der Waals surface area contributed by atoms with Crippen molar-refractivity contribution in [3.63, 3.8) is 0 Å². The second kappa shape index (κ2) is 7.62. The highest BCUT2D eigenvalue weighted by atomic mass is 16.5. The lowest BCUT2D eigenvalue weighted by Gasteiger charge is -2.12. The molecule has 0 aliphatic heterocycles. The Morgan fingerprint density at radius 3 is 2.56 bits per heavy atom. The standard InChI is InChI=1S/C21H20N2O2/c1-15-10-11-18(13-16(15)2)21(24)23-20-19(9-6-12-22-20)25-14-17-7-4-3-5-8-17/h3-13H,14H2,1-2H3,(H,22,23,24). The summed E-state index contributed by atoms with van der Waals surface area (Å²) in [6.45, 7) is 4.42. The second-order valence-corrected chi connectivity index (χ2v) is 5.88. The van der Waals surface area contributed by atoms with E-state index < -0.39 is 0 Å². The van der Waals surface area contributed by atoms with Crippen LogP contribution in [-0.2, 0) is 6.61 Å². The number of aryl methyl sites for hydroxylation is 2. The molecule has 4 heteroatoms. The first-order valence-corrected chi connectivity index (χ1v) is 8.14. The third kappa shape index (κ3) is 4.23. The van der Waals surface area contributed by atoms with E-state index in [4.69, 9.17) is 4.74 Å². The summed E-state index contributed by atoms with van der Waals surface area (Å²) in [6.07, 6.45) is 1.63. The molecule has 0 bridgehead atoms. The monoisotopic (exact) mass is 332 g/mol. The van der Waals surface area contributed by atoms with Gasteiger partial charge in [-0.25, -0.2) is 4.98 Å². The number of benzene rings is 2. The van der Waals surface area contributed by atoms with Gasteiger partial charge in [-0.05, 0) is 54.8 Å². The summed E-state index contributed by atoms with van der Waals surface area (Å²) in [6, 6.07) is 19.1. The number of rotatable bonds is 5. The minimum Gasteiger partial charge on any atom is -0.485 e. The molecule has 1 N–H and O–H groups in total. The lowest BCUT2D eigenvalue weighted by molar-refractivity contribution is 0.102. The van der Waals surface area contributed by atoms with Crippen LogP contribution in [0.2, 0.25) is 0 Å². The first-order chi connectivity index (χ1) is 12.1. The Kier molecular flexibility index (Phi) is 5.09. The Bertz CT molecular complexity index is 876. The van der Waals surface area contributed by atoms with Gasteiger partial charge in [0.1, 0.15) is 6.61 Å². The fourth-order valence-corrected chi connectivity index (χ4v) is 2.40. The third-order valence-corrected chi connectivity index (χ3v) is 4.01. The fourth-order valence-electron chi connectivity index (χ4n) is 2.40. The van der Waals surface area contributed by atoms with E-state index in [-0.39, 0.29) is 5.91 Å². The maximum absolute atomic E-state index is 12.5. The molecule has 0 radical (unpaired) electrons. The summed E-state index contributed by atoms with van der Waals surface area (Å²) >= 11 is 0. The number of carbonyl (C=O) groups excluding carboxylic acids is 1. The topological polar surface area (TPSA) is 51.2 Å². The van der Waals surface area contributed by atoms with Gasteiger partial charge in [-0.1, -0.05) is 36.4 Å². The predicted octanol–water partition coefficient (Wildman–Crippen LogP) is 4.53. The lowest BCUT2D eigenvalue weighted by atomic mass is 10.1. The molecule has 0 fully saturated rings. The highest BCUT2D eigenvalue weighted by molar-refractivity contribution is 6.04. The van der Waals surface area contributed by atoms with Crippen LogP contribution in [0.3, 0.4) is 0 Å². The Morgan fingerprint density at radius 1 is 1.00 bits per heavy atom. The number of pyridine rings is 1. The average Bonchev–Trinajstić information content (AvgIpc) is 2.64. The zero-order valence-electron chi connectivity index (χ0n) is 14.3. The summed E-state index contributed by atoms with van der Waals surface area (Å²) in [5.74, 6) is 0.761. The van der Waals surface area contributed by atoms with Crippen LogP contribution in [0, 0.1) is 13.8 Å². The summed E-state index contributed by atoms with van der Waals surface area (Å²) in [7, 11) is 0. The Morgan fingerprint density at radius 2 is 1.80 bits per heavy atom. The van der Waals surface area contributed by atoms with Crippen LogP contribution in [-0.4, -0.2) is 10.9 Å². The van der Waals surface area contributed by atoms with Crippen LogP contribution in [0.25, 0.3) is 0 Å². The van der Waals surface area contributed by atoms with Crippen LogP contribution in [0.5, 0.6) is 5.75 Å². The molecule has 3 aromatic rings. The number of anilines is 1. The van der Waals surface area contributed by atoms with E-state index in [1.54, 1.807) is 18.3 Å². The molecule has 25 heavy (non-hydrogen) atoms. The van der Waals surface area contributed by atoms with Crippen LogP contribution >= 0.6 is 0 Å². The number of aromatic nitrogens is 1. The first-order valence-electron chi connectivity index (χ1n) is 8.14. The van der Waals surface area contributed by atoms with Crippen LogP contribution in [0.1, 0.15) is 27.0 Å². The quantitative estimate of drug-likeness (QED) is 0.747. The van der Waals surface area contributed by atoms with E-state index in [0.29, 0.717) is 23.7 Å². The summed E-state index contributed by atoms with van der Waals surface area (Å²) in [5.41, 5.74) is 3.89. The van der Waals surface area contributed by atoms with E-state index >= 15 is 0 Å². The molecule has 0 atom stereocenters. The zero-order chi connectivity index (χ0) is 17.6. The number of nitrogens with zero attached hydrogens (tertiary/aromatic N) is 1. The van der Waals surface area contributed by atoms with Crippen molar-refractivity contribution in [2.45, 2.75) is 20.5 Å². The van der Waals surface area contributed by atoms with Gasteiger partial charge < -0.3 is 10.1 Å². The number of amides is 1. The molecule has 1 aromatic heterocycles. The van der Waals surface area contributed by atoms with E-state index in [9.17, 15) is 4.79 Å². The summed E-state index contributed by atoms with van der Waals surface area (Å²) in [4.78, 5) is 16.7. The molecule has 3 rings (SSSR count). The maximum atomic E-state index is 12.5. The highest BCUT2D eigenvalue weighted by Crippen LogP contribution is 2.23. The number of carbonyl (C=O) groups is 1. The van der Waals surface area contributed by atoms with Crippen LogP contribution in [0.4, 0.5) is 5.82 Å². The van der Waals surface area contributed by atoms with Gasteiger partial charge in [-0.15, -0.1) is 0 Å². The van der Waals surface area contributed by atoms with E-state index in [2.05, 4.69) is 10.3 Å². The summed E-state index contributed by atoms with van der Waals surface area (Å²) in [5, 5.41) is 2.83. The van der Waals surface area contributed by atoms with E-state index in [1.165, 1.54) is 0 Å². The van der Waals surface area contributed by atoms with Crippen molar-refractivity contribution in [3.8, 4) is 5.75 Å². The van der Waals surface area contributed by atoms with Gasteiger partial charge >= 0.3 is 0 Å². The Hall–Kier alpha value is -3.14. The predicted molar refractivity (Wildman–Crippen MR) is 98.9 cm³/mol. The molecule has 1 heterocycles. The smallest absolute Gasteiger partial charge is 0.256 e. The van der Waals surface area contributed by atoms with Gasteiger partial charge in [0.05, 0.1) is 0 Å². The third-order valence-electron chi connectivity index (χ3n) is 4.01. The number of hydrogen-bond donors (Lipinski definition) is 1. The van der Waals surface area contributed by atoms with Gasteiger partial charge in [-0.2, -0.15) is 0 Å². The van der Waals surface area contributed by atoms with Gasteiger partial charge in [0.15, 0.2) is 11.6 Å². The molecule has 126 valence electrons. The molecule has 0 saturated carbocycles. The maximum Gasteiger partial charge on any atom is 0.256 e. The molecule has 0 spiro atoms. The van der Waals surface area contributed by atoms with Gasteiger partial charge in [0.2, 0.25) is 0 Å². The molecule has 0 unspecified atom stereocenters. The Balaban J connectivity index is 1.74. The second-order valence-electron chi connectivity index (χ2n) is 5.88. The molecule has 0 aliphatic carbocycles. The average molecular weight is 332 g/mol. The van der Waals surface area contributed by atoms with Crippen molar-refractivity contribution in [2.24, 2.45) is 0 Å². The molecular weight excluding hydrogens is 312 g/mol. The highest BCUT2D eigenvalue weighted by Gasteiger charge is 2.12. The molecule has 0 aliphatic rings. The van der Waals surface area contributed by atoms with Gasteiger partial charge in [0.25, 0.3) is 5.91 Å². The number of ether oxygens (including phenoxy) is 1. The van der Waals surface area contributed by atoms with Gasteiger partial charge in [-0.3, -0.25) is 4.79 Å². The van der Waals surface area contributed by atoms with Crippen molar-refractivity contribution >= 4 is 11.7 Å². The van der Waals surface area contributed by atoms with E-state index in [1.807, 2.05) is 62.4 Å². The number of hydrogen-bond acceptors (Lipinski definition) is 3. The van der Waals surface area contributed by atoms with E-state index in [0.717, 1.165) is 16.7 Å². The minimum absolute atomic E-state index is 0.202.